The smallest absolute Gasteiger partial charge is 0.317 e. The highest BCUT2D eigenvalue weighted by atomic mass is 32.1. The molecule has 0 aliphatic heterocycles. The van der Waals surface area contributed by atoms with E-state index in [-0.39, 0.29) is 24.4 Å². The molecule has 1 rings (SSSR count). The van der Waals surface area contributed by atoms with Crippen LogP contribution in [0, 0.1) is 12.8 Å². The first-order valence-electron chi connectivity index (χ1n) is 6.43. The Hall–Kier alpha value is -1.63. The fourth-order valence-corrected chi connectivity index (χ4v) is 2.51. The Morgan fingerprint density at radius 1 is 1.50 bits per heavy atom. The molecule has 6 nitrogen and oxygen atoms in total. The first-order valence-corrected chi connectivity index (χ1v) is 7.31. The number of aromatic nitrogens is 1. The summed E-state index contributed by atoms with van der Waals surface area (Å²) in [6.07, 6.45) is -0.0726. The second kappa shape index (κ2) is 7.23. The van der Waals surface area contributed by atoms with E-state index in [0.29, 0.717) is 6.54 Å². The molecule has 1 atom stereocenters. The minimum atomic E-state index is -0.912. The lowest BCUT2D eigenvalue weighted by Gasteiger charge is -2.24. The number of carboxylic acids is 1. The molecule has 0 aliphatic carbocycles. The van der Waals surface area contributed by atoms with Crippen LogP contribution < -0.4 is 5.32 Å². The molecule has 1 aromatic heterocycles. The summed E-state index contributed by atoms with van der Waals surface area (Å²) in [6.45, 7) is 6.15. The van der Waals surface area contributed by atoms with Crippen molar-refractivity contribution in [3.63, 3.8) is 0 Å². The molecular weight excluding hydrogens is 278 g/mol. The highest BCUT2D eigenvalue weighted by molar-refractivity contribution is 7.09. The number of hydrogen-bond acceptors (Lipinski definition) is 4. The van der Waals surface area contributed by atoms with Crippen molar-refractivity contribution in [3.8, 4) is 0 Å². The molecule has 112 valence electrons. The fraction of sp³-hybridized carbons (Fsp3) is 0.615. The molecule has 0 bridgehead atoms. The number of amides is 2. The topological polar surface area (TPSA) is 82.5 Å². The van der Waals surface area contributed by atoms with Gasteiger partial charge < -0.3 is 15.3 Å². The fourth-order valence-electron chi connectivity index (χ4n) is 1.68. The number of aliphatic carboxylic acids is 1. The van der Waals surface area contributed by atoms with Crippen molar-refractivity contribution in [2.45, 2.75) is 39.8 Å². The normalized spacial score (nSPS) is 12.2. The molecule has 1 heterocycles. The molecule has 0 spiro atoms. The maximum absolute atomic E-state index is 12.1. The summed E-state index contributed by atoms with van der Waals surface area (Å²) in [5.74, 6) is -0.849. The Morgan fingerprint density at radius 3 is 2.60 bits per heavy atom. The number of aryl methyl sites for hydroxylation is 1. The molecule has 0 aliphatic rings. The lowest BCUT2D eigenvalue weighted by atomic mass is 10.0. The number of carbonyl (C=O) groups excluding carboxylic acids is 1. The number of carboxylic acid groups (broad SMARTS) is 1. The van der Waals surface area contributed by atoms with Crippen LogP contribution in [0.4, 0.5) is 4.79 Å². The van der Waals surface area contributed by atoms with Gasteiger partial charge >= 0.3 is 12.0 Å². The summed E-state index contributed by atoms with van der Waals surface area (Å²) < 4.78 is 0. The van der Waals surface area contributed by atoms with Gasteiger partial charge in [-0.1, -0.05) is 13.8 Å². The van der Waals surface area contributed by atoms with Crippen LogP contribution in [0.1, 0.15) is 30.8 Å². The van der Waals surface area contributed by atoms with Crippen LogP contribution in [0.3, 0.4) is 0 Å². The Balaban J connectivity index is 2.59. The van der Waals surface area contributed by atoms with Crippen LogP contribution in [-0.4, -0.2) is 40.1 Å². The quantitative estimate of drug-likeness (QED) is 0.842. The van der Waals surface area contributed by atoms with Crippen molar-refractivity contribution >= 4 is 23.3 Å². The summed E-state index contributed by atoms with van der Waals surface area (Å²) >= 11 is 1.50. The van der Waals surface area contributed by atoms with E-state index in [2.05, 4.69) is 10.3 Å². The van der Waals surface area contributed by atoms with Crippen molar-refractivity contribution in [2.24, 2.45) is 5.92 Å². The zero-order chi connectivity index (χ0) is 15.3. The predicted octanol–water partition coefficient (Wildman–Crippen LogP) is 2.09. The van der Waals surface area contributed by atoms with E-state index < -0.39 is 5.97 Å². The molecule has 2 amide bonds. The van der Waals surface area contributed by atoms with Gasteiger partial charge in [0.15, 0.2) is 0 Å². The number of nitrogens with one attached hydrogen (secondary N) is 1. The molecule has 0 aromatic carbocycles. The minimum Gasteiger partial charge on any atom is -0.481 e. The van der Waals surface area contributed by atoms with Gasteiger partial charge in [0.25, 0.3) is 0 Å². The van der Waals surface area contributed by atoms with Crippen molar-refractivity contribution in [2.75, 3.05) is 7.05 Å². The van der Waals surface area contributed by atoms with Gasteiger partial charge in [-0.05, 0) is 12.8 Å². The lowest BCUT2D eigenvalue weighted by molar-refractivity contribution is -0.137. The van der Waals surface area contributed by atoms with Crippen LogP contribution in [0.2, 0.25) is 0 Å². The second-order valence-corrected chi connectivity index (χ2v) is 6.05. The van der Waals surface area contributed by atoms with E-state index in [4.69, 9.17) is 5.11 Å². The van der Waals surface area contributed by atoms with Crippen molar-refractivity contribution in [1.82, 2.24) is 15.2 Å². The van der Waals surface area contributed by atoms with E-state index in [1.165, 1.54) is 16.2 Å². The third-order valence-electron chi connectivity index (χ3n) is 3.08. The van der Waals surface area contributed by atoms with Gasteiger partial charge in [0.05, 0.1) is 24.2 Å². The number of nitrogens with zero attached hydrogens (tertiary/aromatic N) is 2. The maximum atomic E-state index is 12.1. The third-order valence-corrected chi connectivity index (χ3v) is 4.00. The van der Waals surface area contributed by atoms with Crippen LogP contribution in [0.5, 0.6) is 0 Å². The number of hydrogen-bond donors (Lipinski definition) is 2. The summed E-state index contributed by atoms with van der Waals surface area (Å²) in [6, 6.07) is -0.636. The number of rotatable bonds is 6. The van der Waals surface area contributed by atoms with E-state index in [0.717, 1.165) is 10.6 Å². The first kappa shape index (κ1) is 16.4. The van der Waals surface area contributed by atoms with Gasteiger partial charge in [-0.25, -0.2) is 9.78 Å². The molecule has 1 unspecified atom stereocenters. The molecule has 0 fully saturated rings. The Kier molecular flexibility index (Phi) is 5.94. The van der Waals surface area contributed by atoms with Crippen LogP contribution >= 0.6 is 11.3 Å². The molecule has 0 saturated heterocycles. The van der Waals surface area contributed by atoms with Crippen LogP contribution in [-0.2, 0) is 11.3 Å². The monoisotopic (exact) mass is 299 g/mol. The summed E-state index contributed by atoms with van der Waals surface area (Å²) in [4.78, 5) is 29.6. The molecule has 0 radical (unpaired) electrons. The average Bonchev–Trinajstić information content (AvgIpc) is 2.73. The number of thiazole rings is 1. The van der Waals surface area contributed by atoms with Gasteiger partial charge in [-0.2, -0.15) is 0 Å². The zero-order valence-corrected chi connectivity index (χ0v) is 13.0. The Labute approximate surface area is 122 Å². The molecular formula is C13H21N3O3S. The zero-order valence-electron chi connectivity index (χ0n) is 12.2. The lowest BCUT2D eigenvalue weighted by Crippen LogP contribution is -2.45. The maximum Gasteiger partial charge on any atom is 0.317 e. The largest absolute Gasteiger partial charge is 0.481 e. The molecule has 2 N–H and O–H groups in total. The van der Waals surface area contributed by atoms with Crippen molar-refractivity contribution < 1.29 is 14.7 Å². The molecule has 0 saturated carbocycles. The van der Waals surface area contributed by atoms with Gasteiger partial charge in [0.1, 0.15) is 0 Å². The minimum absolute atomic E-state index is 0.0635. The highest BCUT2D eigenvalue weighted by Crippen LogP contribution is 2.14. The summed E-state index contributed by atoms with van der Waals surface area (Å²) in [5.41, 5.74) is 2.66. The van der Waals surface area contributed by atoms with Gasteiger partial charge in [-0.3, -0.25) is 4.79 Å². The molecule has 7 heteroatoms. The molecule has 1 aromatic rings. The van der Waals surface area contributed by atoms with Gasteiger partial charge in [-0.15, -0.1) is 11.3 Å². The summed E-state index contributed by atoms with van der Waals surface area (Å²) in [7, 11) is 1.69. The van der Waals surface area contributed by atoms with E-state index in [1.807, 2.05) is 20.8 Å². The average molecular weight is 299 g/mol. The molecule has 20 heavy (non-hydrogen) atoms. The predicted molar refractivity (Wildman–Crippen MR) is 77.7 cm³/mol. The summed E-state index contributed by atoms with van der Waals surface area (Å²) in [5, 5.41) is 11.6. The number of carbonyl (C=O) groups is 2. The van der Waals surface area contributed by atoms with Crippen LogP contribution in [0.15, 0.2) is 5.51 Å². The SMILES string of the molecule is Cc1ncsc1CN(C)C(=O)NC(CC(=O)O)C(C)C. The Morgan fingerprint density at radius 2 is 2.15 bits per heavy atom. The van der Waals surface area contributed by atoms with Gasteiger partial charge in [0.2, 0.25) is 0 Å². The van der Waals surface area contributed by atoms with Crippen molar-refractivity contribution in [3.05, 3.63) is 16.1 Å². The third kappa shape index (κ3) is 4.80. The number of urea groups is 1. The Bertz CT molecular complexity index is 473. The van der Waals surface area contributed by atoms with Crippen molar-refractivity contribution in [1.29, 1.82) is 0 Å². The van der Waals surface area contributed by atoms with Gasteiger partial charge in [0, 0.05) is 18.0 Å². The standard InChI is InChI=1S/C13H21N3O3S/c1-8(2)10(5-12(17)18)15-13(19)16(4)6-11-9(3)14-7-20-11/h7-8,10H,5-6H2,1-4H3,(H,15,19)(H,17,18). The van der Waals surface area contributed by atoms with E-state index in [1.54, 1.807) is 12.6 Å². The second-order valence-electron chi connectivity index (χ2n) is 5.11. The van der Waals surface area contributed by atoms with E-state index >= 15 is 0 Å². The van der Waals surface area contributed by atoms with Crippen LogP contribution in [0.25, 0.3) is 0 Å². The highest BCUT2D eigenvalue weighted by Gasteiger charge is 2.21. The van der Waals surface area contributed by atoms with E-state index in [9.17, 15) is 9.59 Å². The first-order chi connectivity index (χ1) is 9.31.